The summed E-state index contributed by atoms with van der Waals surface area (Å²) in [6, 6.07) is -8.63. The number of nitrogens with zero attached hydrogens (tertiary/aromatic N) is 2. The summed E-state index contributed by atoms with van der Waals surface area (Å²) in [5, 5.41) is 53.2. The van der Waals surface area contributed by atoms with E-state index in [2.05, 4.69) is 73.4 Å². The van der Waals surface area contributed by atoms with Crippen molar-refractivity contribution in [2.75, 3.05) is 18.8 Å². The molecule has 1 fully saturated rings. The van der Waals surface area contributed by atoms with Crippen LogP contribution in [0.1, 0.15) is 150 Å². The van der Waals surface area contributed by atoms with Crippen molar-refractivity contribution in [3.05, 3.63) is 54.1 Å². The number of aliphatic carboxylic acids is 2. The van der Waals surface area contributed by atoms with Gasteiger partial charge in [-0.2, -0.15) is 0 Å². The van der Waals surface area contributed by atoms with Crippen LogP contribution in [0.2, 0.25) is 0 Å². The fourth-order valence-corrected chi connectivity index (χ4v) is 12.0. The number of thioether (sulfide) groups is 1. The summed E-state index contributed by atoms with van der Waals surface area (Å²) in [6.45, 7) is 14.0. The number of primary amides is 1. The third-order valence-electron chi connectivity index (χ3n) is 17.5. The molecule has 2 aliphatic rings. The fraction of sp³-hybridized carbons (Fsp3) is 0.636. The number of H-pyrrole nitrogens is 1. The molecule has 12 amide bonds. The molecule has 1 aromatic carbocycles. The molecule has 2 aliphatic heterocycles. The number of nitrogens with two attached hydrogens (primary N) is 3. The van der Waals surface area contributed by atoms with Gasteiger partial charge in [-0.1, -0.05) is 105 Å². The number of carbonyl (C=O) groups is 14. The summed E-state index contributed by atoms with van der Waals surface area (Å²) >= 11 is 1.34. The Balaban J connectivity index is 0.0000265. The molecule has 1 aromatic heterocycles. The molecule has 4 rings (SSSR count). The molecule has 15 atom stereocenters. The van der Waals surface area contributed by atoms with Crippen molar-refractivity contribution in [1.29, 1.82) is 0 Å². The van der Waals surface area contributed by atoms with Crippen LogP contribution in [-0.2, 0) is 99.4 Å². The summed E-state index contributed by atoms with van der Waals surface area (Å²) in [4.78, 5) is 206. The number of aliphatic imine (C=N–C) groups is 1. The van der Waals surface area contributed by atoms with Crippen molar-refractivity contribution in [3.8, 4) is 0 Å². The molecule has 0 bridgehead atoms. The number of carboxylic acids is 2. The van der Waals surface area contributed by atoms with Crippen molar-refractivity contribution >= 4 is 99.6 Å². The first-order chi connectivity index (χ1) is 47.4. The minimum absolute atomic E-state index is 0. The normalized spacial score (nSPS) is 22.9. The molecule has 2 aromatic rings. The number of aromatic amines is 1. The average Bonchev–Trinajstić information content (AvgIpc) is 1.83. The number of amides is 12. The predicted molar refractivity (Wildman–Crippen MR) is 364 cm³/mol. The second kappa shape index (κ2) is 44.1. The number of rotatable bonds is 31. The van der Waals surface area contributed by atoms with Crippen LogP contribution in [-0.4, -0.2) is 189 Å². The number of carboxylic acid groups (broad SMARTS) is 2. The van der Waals surface area contributed by atoms with Crippen molar-refractivity contribution in [2.24, 2.45) is 45.9 Å². The van der Waals surface area contributed by atoms with Gasteiger partial charge in [0.25, 0.3) is 0 Å². The Bertz CT molecular complexity index is 3170. The van der Waals surface area contributed by atoms with Gasteiger partial charge in [-0.05, 0) is 87.1 Å². The van der Waals surface area contributed by atoms with Crippen LogP contribution in [0.5, 0.6) is 0 Å². The van der Waals surface area contributed by atoms with E-state index in [0.29, 0.717) is 10.6 Å². The fourth-order valence-electron chi connectivity index (χ4n) is 10.8. The van der Waals surface area contributed by atoms with Crippen LogP contribution >= 0.6 is 11.8 Å². The van der Waals surface area contributed by atoms with E-state index in [1.54, 1.807) is 71.9 Å². The van der Waals surface area contributed by atoms with Crippen molar-refractivity contribution in [1.82, 2.24) is 68.5 Å². The Kier molecular flexibility index (Phi) is 37.9. The predicted octanol–water partition coefficient (Wildman–Crippen LogP) is -4.35. The van der Waals surface area contributed by atoms with Gasteiger partial charge in [0.05, 0.1) is 23.8 Å². The number of nitrogens with one attached hydrogen (secondary N) is 12. The van der Waals surface area contributed by atoms with Crippen molar-refractivity contribution < 1.29 is 96.8 Å². The van der Waals surface area contributed by atoms with Gasteiger partial charge in [-0.3, -0.25) is 62.5 Å². The van der Waals surface area contributed by atoms with Gasteiger partial charge in [0, 0.05) is 55.4 Å². The Morgan fingerprint density at radius 1 is 0.663 bits per heavy atom. The zero-order chi connectivity index (χ0) is 74.3. The van der Waals surface area contributed by atoms with E-state index in [-0.39, 0.29) is 120 Å². The van der Waals surface area contributed by atoms with Gasteiger partial charge in [0.2, 0.25) is 70.9 Å². The number of hydrogen-bond donors (Lipinski definition) is 15. The first kappa shape index (κ1) is 86.8. The first-order valence-corrected chi connectivity index (χ1v) is 35.0. The summed E-state index contributed by atoms with van der Waals surface area (Å²) in [5.41, 5.74) is 18.7. The molecular formula is C66H101N17O16SZn. The smallest absolute Gasteiger partial charge is 0.550 e. The maximum Gasteiger partial charge on any atom is 2.00 e. The van der Waals surface area contributed by atoms with E-state index in [1.165, 1.54) is 24.3 Å². The number of aromatic nitrogens is 2. The van der Waals surface area contributed by atoms with E-state index < -0.39 is 193 Å². The molecule has 7 unspecified atom stereocenters. The average molecular weight is 1490 g/mol. The summed E-state index contributed by atoms with van der Waals surface area (Å²) in [6.07, 6.45) is -0.0833. The quantitative estimate of drug-likeness (QED) is 0.0317. The van der Waals surface area contributed by atoms with E-state index >= 15 is 0 Å². The Labute approximate surface area is 605 Å². The topological polar surface area (TPSA) is 537 Å². The van der Waals surface area contributed by atoms with Gasteiger partial charge in [0.15, 0.2) is 0 Å². The number of imidazole rings is 1. The number of hydrogen-bond acceptors (Lipinski definition) is 21. The minimum atomic E-state index is -2.01. The van der Waals surface area contributed by atoms with Gasteiger partial charge in [-0.25, -0.2) is 4.98 Å². The third-order valence-corrected chi connectivity index (χ3v) is 18.6. The minimum Gasteiger partial charge on any atom is -0.550 e. The SMILES string of the molecule is CCC(C)C(N)C1=NC(C(=O)N[C@@H](CC(C)C)C(=O)N[C@H](CCC(=O)[O-])C(=O)N[C@H](C(=O)NC2CCCCNC(=O)C(CC(N)=O)NC(=O)[C@@H](CC(=O)[O-])NC(=O)[C@H](Cc3cnc[nH]3)NC(=O)C(Cc3ccccc3)NC(=O)[C@H]([C@@H](C)CC)NC(=O)C(CCCN)NC2=O)[C@@H](C)CC)CS1.[Zn+2]. The molecule has 33 nitrogen and oxygen atoms in total. The molecule has 3 heterocycles. The standard InChI is InChI=1S/C66H103N17O16S.Zn/c1-9-35(6)52(69)66-81-48(32-100-66)63(97)76-43(26-34(4)5)59(93)74-42(22-23-50(85)86)58(92)83-53(36(7)10-2)64(98)75-40-20-15-16-25-71-55(89)46(29-49(68)84)78-62(96)47(30-51(87)88)79-61(95)45(28-39-31-70-33-72-39)77-60(94)44(27-38-18-13-12-14-19-38)80-65(99)54(37(8)11-3)82-57(91)41(21-17-24-67)73-56(40)90;/h12-14,18-19,31,33-37,40-48,52-54H,9-11,15-17,20-30,32,67,69H2,1-8H3,(H2,68,84)(H,70,72)(H,71,89)(H,73,90)(H,74,93)(H,75,98)(H,76,97)(H,77,94)(H,78,96)(H,79,95)(H,80,99)(H,82,91)(H,83,92)(H,85,86)(H,87,88);/q;+2/p-2/t35?,36-,37-,40?,41?,42+,43-,44?,45-,46?,47+,48?,52?,53-,54-;/m0./s1. The van der Waals surface area contributed by atoms with Crippen LogP contribution in [0.4, 0.5) is 0 Å². The number of benzene rings is 1. The van der Waals surface area contributed by atoms with E-state index in [1.807, 2.05) is 13.8 Å². The summed E-state index contributed by atoms with van der Waals surface area (Å²) < 4.78 is 0. The molecular weight excluding hydrogens is 1380 g/mol. The van der Waals surface area contributed by atoms with Crippen LogP contribution < -0.4 is 85.9 Å². The van der Waals surface area contributed by atoms with Gasteiger partial charge < -0.3 is 100 Å². The Morgan fingerprint density at radius 3 is 1.84 bits per heavy atom. The molecule has 18 N–H and O–H groups in total. The molecule has 0 aliphatic carbocycles. The third kappa shape index (κ3) is 29.2. The zero-order valence-corrected chi connectivity index (χ0v) is 62.6. The van der Waals surface area contributed by atoms with Crippen LogP contribution in [0.3, 0.4) is 0 Å². The first-order valence-electron chi connectivity index (χ1n) is 34.1. The zero-order valence-electron chi connectivity index (χ0n) is 58.8. The van der Waals surface area contributed by atoms with Gasteiger partial charge in [-0.15, -0.1) is 11.8 Å². The monoisotopic (exact) mass is 1480 g/mol. The Hall–Kier alpha value is -8.43. The molecule has 554 valence electrons. The summed E-state index contributed by atoms with van der Waals surface area (Å²) in [7, 11) is 0. The molecule has 35 heteroatoms. The van der Waals surface area contributed by atoms with E-state index in [4.69, 9.17) is 17.2 Å². The number of carbonyl (C=O) groups excluding carboxylic acids is 14. The maximum absolute atomic E-state index is 14.9. The van der Waals surface area contributed by atoms with Gasteiger partial charge in [0.1, 0.15) is 66.5 Å². The molecule has 0 saturated carbocycles. The maximum atomic E-state index is 14.9. The van der Waals surface area contributed by atoms with Crippen LogP contribution in [0.25, 0.3) is 0 Å². The van der Waals surface area contributed by atoms with Crippen molar-refractivity contribution in [3.63, 3.8) is 0 Å². The summed E-state index contributed by atoms with van der Waals surface area (Å²) in [5.74, 6) is -16.2. The largest absolute Gasteiger partial charge is 2.00 e. The van der Waals surface area contributed by atoms with E-state index in [9.17, 15) is 77.3 Å². The Morgan fingerprint density at radius 2 is 1.26 bits per heavy atom. The molecule has 101 heavy (non-hydrogen) atoms. The molecule has 0 spiro atoms. The van der Waals surface area contributed by atoms with Crippen molar-refractivity contribution in [2.45, 2.75) is 224 Å². The van der Waals surface area contributed by atoms with E-state index in [0.717, 1.165) is 6.42 Å². The van der Waals surface area contributed by atoms with Gasteiger partial charge >= 0.3 is 19.5 Å². The second-order valence-electron chi connectivity index (χ2n) is 25.9. The molecule has 1 saturated heterocycles. The molecule has 0 radical (unpaired) electrons. The second-order valence-corrected chi connectivity index (χ2v) is 27.0. The van der Waals surface area contributed by atoms with Crippen LogP contribution in [0, 0.1) is 23.7 Å². The van der Waals surface area contributed by atoms with Crippen LogP contribution in [0.15, 0.2) is 47.8 Å².